The molecule has 4 rings (SSSR count). The molecule has 1 N–H and O–H groups in total. The van der Waals surface area contributed by atoms with Crippen LogP contribution in [0, 0.1) is 5.92 Å². The maximum Gasteiger partial charge on any atom is 0.231 e. The van der Waals surface area contributed by atoms with Gasteiger partial charge in [-0.3, -0.25) is 9.59 Å². The number of nitrogens with zero attached hydrogens (tertiary/aromatic N) is 3. The maximum absolute atomic E-state index is 12.7. The van der Waals surface area contributed by atoms with Crippen molar-refractivity contribution in [3.8, 4) is 10.6 Å². The highest BCUT2D eigenvalue weighted by molar-refractivity contribution is 7.18. The molecule has 154 valence electrons. The van der Waals surface area contributed by atoms with Crippen molar-refractivity contribution in [3.05, 3.63) is 65.7 Å². The standard InChI is InChI=1S/C23H24N4O2S/c1-15(2)17-8-10-18(11-9-17)22-25-26-23(30-22)24-21(29)19-12-20(28)27(14-19)13-16-6-4-3-5-7-16/h3-11,15,19H,12-14H2,1-2H3,(H,24,26,29). The molecular weight excluding hydrogens is 396 g/mol. The number of rotatable bonds is 6. The van der Waals surface area contributed by atoms with Crippen LogP contribution >= 0.6 is 11.3 Å². The number of likely N-dealkylation sites (tertiary alicyclic amines) is 1. The molecule has 2 amide bonds. The number of aromatic nitrogens is 2. The third-order valence-electron chi connectivity index (χ3n) is 5.28. The first-order valence-electron chi connectivity index (χ1n) is 10.1. The van der Waals surface area contributed by atoms with Gasteiger partial charge in [0, 0.05) is 25.1 Å². The van der Waals surface area contributed by atoms with Crippen LogP contribution in [0.15, 0.2) is 54.6 Å². The lowest BCUT2D eigenvalue weighted by molar-refractivity contribution is -0.128. The van der Waals surface area contributed by atoms with E-state index in [4.69, 9.17) is 0 Å². The molecule has 1 fully saturated rings. The molecule has 1 aliphatic rings. The molecule has 0 aliphatic carbocycles. The van der Waals surface area contributed by atoms with Crippen LogP contribution in [-0.2, 0) is 16.1 Å². The molecule has 0 radical (unpaired) electrons. The molecule has 6 nitrogen and oxygen atoms in total. The van der Waals surface area contributed by atoms with Crippen LogP contribution in [0.2, 0.25) is 0 Å². The van der Waals surface area contributed by atoms with E-state index < -0.39 is 0 Å². The average Bonchev–Trinajstić information content (AvgIpc) is 3.36. The zero-order valence-electron chi connectivity index (χ0n) is 17.0. The summed E-state index contributed by atoms with van der Waals surface area (Å²) in [6, 6.07) is 18.0. The van der Waals surface area contributed by atoms with Crippen molar-refractivity contribution in [2.75, 3.05) is 11.9 Å². The highest BCUT2D eigenvalue weighted by Crippen LogP contribution is 2.29. The van der Waals surface area contributed by atoms with Crippen molar-refractivity contribution >= 4 is 28.3 Å². The quantitative estimate of drug-likeness (QED) is 0.645. The lowest BCUT2D eigenvalue weighted by Gasteiger charge is -2.16. The van der Waals surface area contributed by atoms with Gasteiger partial charge in [-0.1, -0.05) is 79.8 Å². The topological polar surface area (TPSA) is 75.2 Å². The van der Waals surface area contributed by atoms with Gasteiger partial charge in [0.05, 0.1) is 5.92 Å². The van der Waals surface area contributed by atoms with Crippen LogP contribution in [0.25, 0.3) is 10.6 Å². The maximum atomic E-state index is 12.7. The molecule has 0 bridgehead atoms. The van der Waals surface area contributed by atoms with Crippen LogP contribution in [0.4, 0.5) is 5.13 Å². The first-order chi connectivity index (χ1) is 14.5. The third-order valence-corrected chi connectivity index (χ3v) is 6.17. The number of carbonyl (C=O) groups is 2. The summed E-state index contributed by atoms with van der Waals surface area (Å²) in [6.45, 7) is 5.26. The summed E-state index contributed by atoms with van der Waals surface area (Å²) in [5.74, 6) is -0.0863. The average molecular weight is 421 g/mol. The molecule has 0 spiro atoms. The second-order valence-corrected chi connectivity index (χ2v) is 8.82. The van der Waals surface area contributed by atoms with E-state index in [1.165, 1.54) is 16.9 Å². The molecule has 3 aromatic rings. The van der Waals surface area contributed by atoms with E-state index >= 15 is 0 Å². The number of hydrogen-bond donors (Lipinski definition) is 1. The first-order valence-corrected chi connectivity index (χ1v) is 10.9. The Bertz CT molecular complexity index is 1030. The van der Waals surface area contributed by atoms with Gasteiger partial charge in [0.15, 0.2) is 0 Å². The molecule has 1 unspecified atom stereocenters. The van der Waals surface area contributed by atoms with Gasteiger partial charge in [-0.2, -0.15) is 0 Å². The highest BCUT2D eigenvalue weighted by Gasteiger charge is 2.34. The number of hydrogen-bond acceptors (Lipinski definition) is 5. The van der Waals surface area contributed by atoms with E-state index in [0.717, 1.165) is 16.1 Å². The number of nitrogens with one attached hydrogen (secondary N) is 1. The Balaban J connectivity index is 1.37. The van der Waals surface area contributed by atoms with E-state index in [9.17, 15) is 9.59 Å². The van der Waals surface area contributed by atoms with Gasteiger partial charge in [0.1, 0.15) is 5.01 Å². The molecular formula is C23H24N4O2S. The summed E-state index contributed by atoms with van der Waals surface area (Å²) in [6.07, 6.45) is 0.223. The van der Waals surface area contributed by atoms with Crippen LogP contribution in [0.5, 0.6) is 0 Å². The van der Waals surface area contributed by atoms with Crippen molar-refractivity contribution < 1.29 is 9.59 Å². The summed E-state index contributed by atoms with van der Waals surface area (Å²) in [5.41, 5.74) is 3.30. The summed E-state index contributed by atoms with van der Waals surface area (Å²) in [4.78, 5) is 26.7. The number of carbonyl (C=O) groups excluding carboxylic acids is 2. The Morgan fingerprint density at radius 2 is 1.87 bits per heavy atom. The van der Waals surface area contributed by atoms with E-state index in [0.29, 0.717) is 24.1 Å². The molecule has 1 saturated heterocycles. The van der Waals surface area contributed by atoms with Crippen LogP contribution in [-0.4, -0.2) is 33.5 Å². The minimum absolute atomic E-state index is 0.00204. The predicted molar refractivity (Wildman–Crippen MR) is 118 cm³/mol. The lowest BCUT2D eigenvalue weighted by atomic mass is 10.0. The molecule has 1 aromatic heterocycles. The second-order valence-electron chi connectivity index (χ2n) is 7.84. The van der Waals surface area contributed by atoms with Crippen molar-refractivity contribution in [2.24, 2.45) is 5.92 Å². The van der Waals surface area contributed by atoms with E-state index in [1.54, 1.807) is 4.90 Å². The Morgan fingerprint density at radius 1 is 1.13 bits per heavy atom. The zero-order valence-corrected chi connectivity index (χ0v) is 17.9. The fourth-order valence-corrected chi connectivity index (χ4v) is 4.26. The fourth-order valence-electron chi connectivity index (χ4n) is 3.51. The van der Waals surface area contributed by atoms with E-state index in [-0.39, 0.29) is 24.2 Å². The van der Waals surface area contributed by atoms with E-state index in [1.807, 2.05) is 42.5 Å². The van der Waals surface area contributed by atoms with E-state index in [2.05, 4.69) is 41.5 Å². The Labute approximate surface area is 180 Å². The highest BCUT2D eigenvalue weighted by atomic mass is 32.1. The molecule has 7 heteroatoms. The van der Waals surface area contributed by atoms with Gasteiger partial charge in [0.2, 0.25) is 16.9 Å². The number of benzene rings is 2. The van der Waals surface area contributed by atoms with Gasteiger partial charge in [-0.25, -0.2) is 0 Å². The Morgan fingerprint density at radius 3 is 2.57 bits per heavy atom. The monoisotopic (exact) mass is 420 g/mol. The van der Waals surface area contributed by atoms with Gasteiger partial charge in [-0.05, 0) is 17.0 Å². The minimum Gasteiger partial charge on any atom is -0.338 e. The molecule has 2 aromatic carbocycles. The van der Waals surface area contributed by atoms with Gasteiger partial charge >= 0.3 is 0 Å². The van der Waals surface area contributed by atoms with Crippen molar-refractivity contribution in [2.45, 2.75) is 32.7 Å². The van der Waals surface area contributed by atoms with Gasteiger partial charge < -0.3 is 10.2 Å². The fraction of sp³-hybridized carbons (Fsp3) is 0.304. The second kappa shape index (κ2) is 8.75. The first kappa shape index (κ1) is 20.2. The third kappa shape index (κ3) is 4.57. The van der Waals surface area contributed by atoms with Gasteiger partial charge in [-0.15, -0.1) is 10.2 Å². The number of anilines is 1. The van der Waals surface area contributed by atoms with Crippen molar-refractivity contribution in [1.29, 1.82) is 0 Å². The molecule has 1 aliphatic heterocycles. The largest absolute Gasteiger partial charge is 0.338 e. The lowest BCUT2D eigenvalue weighted by Crippen LogP contribution is -2.28. The molecule has 0 saturated carbocycles. The minimum atomic E-state index is -0.376. The van der Waals surface area contributed by atoms with Crippen LogP contribution in [0.1, 0.15) is 37.3 Å². The molecule has 1 atom stereocenters. The summed E-state index contributed by atoms with van der Waals surface area (Å²) in [5, 5.41) is 12.4. The summed E-state index contributed by atoms with van der Waals surface area (Å²) in [7, 11) is 0. The van der Waals surface area contributed by atoms with Gasteiger partial charge in [0.25, 0.3) is 0 Å². The smallest absolute Gasteiger partial charge is 0.231 e. The van der Waals surface area contributed by atoms with Crippen LogP contribution < -0.4 is 5.32 Å². The normalized spacial score (nSPS) is 16.3. The number of amides is 2. The SMILES string of the molecule is CC(C)c1ccc(-c2nnc(NC(=O)C3CC(=O)N(Cc4ccccc4)C3)s2)cc1. The zero-order chi connectivity index (χ0) is 21.1. The van der Waals surface area contributed by atoms with Crippen molar-refractivity contribution in [1.82, 2.24) is 15.1 Å². The van der Waals surface area contributed by atoms with Crippen LogP contribution in [0.3, 0.4) is 0 Å². The Hall–Kier alpha value is -3.06. The summed E-state index contributed by atoms with van der Waals surface area (Å²) < 4.78 is 0. The summed E-state index contributed by atoms with van der Waals surface area (Å²) >= 11 is 1.34. The molecule has 2 heterocycles. The van der Waals surface area contributed by atoms with Crippen molar-refractivity contribution in [3.63, 3.8) is 0 Å². The Kier molecular flexibility index (Phi) is 5.90. The molecule has 30 heavy (non-hydrogen) atoms. The predicted octanol–water partition coefficient (Wildman–Crippen LogP) is 4.32.